The van der Waals surface area contributed by atoms with Gasteiger partial charge >= 0.3 is 6.18 Å². The molecular weight excluding hydrogens is 297 g/mol. The summed E-state index contributed by atoms with van der Waals surface area (Å²) in [7, 11) is 0. The first kappa shape index (κ1) is 16.0. The topological polar surface area (TPSA) is 58.4 Å². The second-order valence-electron chi connectivity index (χ2n) is 3.65. The molecule has 0 saturated carbocycles. The predicted octanol–water partition coefficient (Wildman–Crippen LogP) is 2.20. The Morgan fingerprint density at radius 2 is 2.15 bits per heavy atom. The predicted molar refractivity (Wildman–Crippen MR) is 67.2 cm³/mol. The van der Waals surface area contributed by atoms with Crippen LogP contribution in [0, 0.1) is 6.57 Å². The summed E-state index contributed by atoms with van der Waals surface area (Å²) in [6, 6.07) is 0.772. The van der Waals surface area contributed by atoms with Crippen LogP contribution in [0.4, 0.5) is 19.0 Å². The number of nitrogens with zero attached hydrogens (tertiary/aromatic N) is 2. The zero-order chi connectivity index (χ0) is 15.2. The fourth-order valence-corrected chi connectivity index (χ4v) is 1.47. The summed E-state index contributed by atoms with van der Waals surface area (Å²) in [4.78, 5) is 17.4. The molecule has 0 spiro atoms. The number of carbonyl (C=O) groups is 1. The Kier molecular flexibility index (Phi) is 5.58. The van der Waals surface area contributed by atoms with Crippen LogP contribution in [-0.2, 0) is 11.0 Å². The number of anilines is 1. The van der Waals surface area contributed by atoms with Crippen molar-refractivity contribution in [1.82, 2.24) is 10.3 Å². The van der Waals surface area contributed by atoms with Gasteiger partial charge in [-0.1, -0.05) is 11.6 Å². The molecule has 0 fully saturated rings. The summed E-state index contributed by atoms with van der Waals surface area (Å²) >= 11 is 5.67. The average Bonchev–Trinajstić information content (AvgIpc) is 2.35. The maximum Gasteiger partial charge on any atom is 0.417 e. The van der Waals surface area contributed by atoms with E-state index in [1.807, 2.05) is 0 Å². The van der Waals surface area contributed by atoms with Crippen LogP contribution in [0.5, 0.6) is 0 Å². The van der Waals surface area contributed by atoms with Crippen molar-refractivity contribution in [3.8, 4) is 0 Å². The quantitative estimate of drug-likeness (QED) is 0.648. The molecule has 108 valence electrons. The first-order chi connectivity index (χ1) is 9.34. The number of nitrogens with one attached hydrogen (secondary N) is 2. The van der Waals surface area contributed by atoms with Crippen molar-refractivity contribution in [2.75, 3.05) is 25.0 Å². The van der Waals surface area contributed by atoms with E-state index in [0.717, 1.165) is 6.07 Å². The Balaban J connectivity index is 2.50. The van der Waals surface area contributed by atoms with Crippen molar-refractivity contribution >= 4 is 23.3 Å². The summed E-state index contributed by atoms with van der Waals surface area (Å²) in [5.41, 5.74) is -0.932. The number of alkyl halides is 3. The highest BCUT2D eigenvalue weighted by Gasteiger charge is 2.31. The van der Waals surface area contributed by atoms with Crippen LogP contribution in [0.1, 0.15) is 5.56 Å². The molecule has 1 aromatic heterocycles. The standard InChI is InChI=1S/C11H10ClF3N4O/c1-16-6-9(20)17-2-3-18-10-8(12)4-7(5-19-10)11(13,14)15/h4-5H,2-3,6H2,(H,17,20)(H,18,19). The second-order valence-corrected chi connectivity index (χ2v) is 4.05. The van der Waals surface area contributed by atoms with E-state index in [-0.39, 0.29) is 30.5 Å². The van der Waals surface area contributed by atoms with E-state index >= 15 is 0 Å². The summed E-state index contributed by atoms with van der Waals surface area (Å²) < 4.78 is 37.1. The largest absolute Gasteiger partial charge is 0.417 e. The van der Waals surface area contributed by atoms with E-state index in [1.54, 1.807) is 0 Å². The third kappa shape index (κ3) is 4.93. The van der Waals surface area contributed by atoms with Crippen LogP contribution >= 0.6 is 11.6 Å². The van der Waals surface area contributed by atoms with Crippen LogP contribution < -0.4 is 10.6 Å². The monoisotopic (exact) mass is 306 g/mol. The Morgan fingerprint density at radius 3 is 2.70 bits per heavy atom. The zero-order valence-electron chi connectivity index (χ0n) is 10.1. The van der Waals surface area contributed by atoms with Gasteiger partial charge in [0.2, 0.25) is 0 Å². The Hall–Kier alpha value is -2.01. The molecule has 0 aliphatic rings. The normalized spacial score (nSPS) is 10.8. The molecule has 0 radical (unpaired) electrons. The van der Waals surface area contributed by atoms with Crippen LogP contribution in [0.25, 0.3) is 4.85 Å². The lowest BCUT2D eigenvalue weighted by Crippen LogP contribution is -2.30. The minimum Gasteiger partial charge on any atom is -0.367 e. The van der Waals surface area contributed by atoms with Crippen molar-refractivity contribution in [3.63, 3.8) is 0 Å². The van der Waals surface area contributed by atoms with Gasteiger partial charge in [-0.25, -0.2) is 11.6 Å². The minimum absolute atomic E-state index is 0.0964. The molecule has 0 bridgehead atoms. The van der Waals surface area contributed by atoms with Crippen LogP contribution in [0.3, 0.4) is 0 Å². The van der Waals surface area contributed by atoms with Gasteiger partial charge in [0, 0.05) is 19.3 Å². The number of carbonyl (C=O) groups excluding carboxylic acids is 1. The Morgan fingerprint density at radius 1 is 1.45 bits per heavy atom. The Bertz CT molecular complexity index is 527. The molecule has 1 amide bonds. The molecule has 1 rings (SSSR count). The van der Waals surface area contributed by atoms with Crippen LogP contribution in [0.2, 0.25) is 5.02 Å². The van der Waals surface area contributed by atoms with Crippen LogP contribution in [-0.4, -0.2) is 30.5 Å². The van der Waals surface area contributed by atoms with Gasteiger partial charge in [-0.15, -0.1) is 0 Å². The average molecular weight is 307 g/mol. The summed E-state index contributed by atoms with van der Waals surface area (Å²) in [5, 5.41) is 4.97. The van der Waals surface area contributed by atoms with Gasteiger partial charge in [0.25, 0.3) is 12.5 Å². The Labute approximate surface area is 118 Å². The molecule has 0 unspecified atom stereocenters. The molecule has 0 aromatic carbocycles. The number of rotatable bonds is 5. The molecule has 20 heavy (non-hydrogen) atoms. The molecule has 1 heterocycles. The summed E-state index contributed by atoms with van der Waals surface area (Å²) in [5.74, 6) is -0.327. The summed E-state index contributed by atoms with van der Waals surface area (Å²) in [6.45, 7) is 6.64. The van der Waals surface area contributed by atoms with Gasteiger partial charge in [0.05, 0.1) is 10.6 Å². The molecule has 9 heteroatoms. The van der Waals surface area contributed by atoms with Gasteiger partial charge in [-0.2, -0.15) is 13.2 Å². The van der Waals surface area contributed by atoms with Crippen molar-refractivity contribution in [1.29, 1.82) is 0 Å². The third-order valence-electron chi connectivity index (χ3n) is 2.13. The van der Waals surface area contributed by atoms with Gasteiger partial charge in [0.1, 0.15) is 5.82 Å². The molecule has 0 aliphatic carbocycles. The number of hydrogen-bond donors (Lipinski definition) is 2. The lowest BCUT2D eigenvalue weighted by molar-refractivity contribution is -0.137. The lowest BCUT2D eigenvalue weighted by atomic mass is 10.3. The molecular formula is C11H10ClF3N4O. The second kappa shape index (κ2) is 6.96. The fourth-order valence-electron chi connectivity index (χ4n) is 1.23. The van der Waals surface area contributed by atoms with E-state index in [4.69, 9.17) is 18.2 Å². The van der Waals surface area contributed by atoms with E-state index in [0.29, 0.717) is 6.20 Å². The number of pyridine rings is 1. The van der Waals surface area contributed by atoms with E-state index in [1.165, 1.54) is 0 Å². The highest BCUT2D eigenvalue weighted by molar-refractivity contribution is 6.32. The zero-order valence-corrected chi connectivity index (χ0v) is 10.8. The van der Waals surface area contributed by atoms with Crippen LogP contribution in [0.15, 0.2) is 12.3 Å². The van der Waals surface area contributed by atoms with Gasteiger partial charge < -0.3 is 15.5 Å². The molecule has 0 saturated heterocycles. The maximum atomic E-state index is 12.4. The minimum atomic E-state index is -4.50. The number of halogens is 4. The van der Waals surface area contributed by atoms with Gasteiger partial charge in [-0.3, -0.25) is 4.79 Å². The fraction of sp³-hybridized carbons (Fsp3) is 0.364. The van der Waals surface area contributed by atoms with Gasteiger partial charge in [-0.05, 0) is 6.07 Å². The molecule has 1 aromatic rings. The molecule has 5 nitrogen and oxygen atoms in total. The van der Waals surface area contributed by atoms with Crippen molar-refractivity contribution in [3.05, 3.63) is 34.3 Å². The molecule has 2 N–H and O–H groups in total. The van der Waals surface area contributed by atoms with Crippen molar-refractivity contribution in [2.45, 2.75) is 6.18 Å². The lowest BCUT2D eigenvalue weighted by Gasteiger charge is -2.10. The molecule has 0 atom stereocenters. The highest BCUT2D eigenvalue weighted by atomic mass is 35.5. The van der Waals surface area contributed by atoms with Crippen molar-refractivity contribution in [2.24, 2.45) is 0 Å². The van der Waals surface area contributed by atoms with Gasteiger partial charge in [0.15, 0.2) is 0 Å². The van der Waals surface area contributed by atoms with E-state index < -0.39 is 17.6 Å². The highest BCUT2D eigenvalue weighted by Crippen LogP contribution is 2.32. The first-order valence-corrected chi connectivity index (χ1v) is 5.79. The third-order valence-corrected chi connectivity index (χ3v) is 2.42. The smallest absolute Gasteiger partial charge is 0.367 e. The molecule has 0 aliphatic heterocycles. The summed E-state index contributed by atoms with van der Waals surface area (Å²) in [6.07, 6.45) is -3.82. The SMILES string of the molecule is [C-]#[N+]CC(=O)NCCNc1ncc(C(F)(F)F)cc1Cl. The van der Waals surface area contributed by atoms with Crippen molar-refractivity contribution < 1.29 is 18.0 Å². The maximum absolute atomic E-state index is 12.4. The first-order valence-electron chi connectivity index (χ1n) is 5.41. The van der Waals surface area contributed by atoms with E-state index in [9.17, 15) is 18.0 Å². The number of amides is 1. The number of aromatic nitrogens is 1. The van der Waals surface area contributed by atoms with E-state index in [2.05, 4.69) is 20.5 Å². The number of hydrogen-bond acceptors (Lipinski definition) is 3.